The Bertz CT molecular complexity index is 846. The van der Waals surface area contributed by atoms with Crippen LogP contribution in [0.25, 0.3) is 11.3 Å². The van der Waals surface area contributed by atoms with Gasteiger partial charge in [-0.3, -0.25) is 4.79 Å². The zero-order chi connectivity index (χ0) is 16.0. The van der Waals surface area contributed by atoms with E-state index in [1.54, 1.807) is 18.2 Å². The van der Waals surface area contributed by atoms with E-state index in [0.717, 1.165) is 11.3 Å². The van der Waals surface area contributed by atoms with Gasteiger partial charge in [-0.25, -0.2) is 4.98 Å². The first-order valence-corrected chi connectivity index (χ1v) is 7.77. The number of terminal acetylenes is 1. The van der Waals surface area contributed by atoms with Crippen molar-refractivity contribution in [2.24, 2.45) is 5.73 Å². The molecule has 2 aliphatic rings. The highest BCUT2D eigenvalue weighted by Gasteiger charge is 2.46. The molecule has 116 valence electrons. The van der Waals surface area contributed by atoms with Gasteiger partial charge in [0, 0.05) is 11.1 Å². The van der Waals surface area contributed by atoms with E-state index >= 15 is 0 Å². The van der Waals surface area contributed by atoms with Crippen molar-refractivity contribution in [3.8, 4) is 29.4 Å². The van der Waals surface area contributed by atoms with Crippen LogP contribution in [0.3, 0.4) is 0 Å². The van der Waals surface area contributed by atoms with Gasteiger partial charge in [0.2, 0.25) is 5.79 Å². The summed E-state index contributed by atoms with van der Waals surface area (Å²) in [6.07, 6.45) is 5.48. The molecule has 0 unspecified atom stereocenters. The van der Waals surface area contributed by atoms with Gasteiger partial charge in [0.1, 0.15) is 12.4 Å². The third-order valence-corrected chi connectivity index (χ3v) is 4.95. The van der Waals surface area contributed by atoms with E-state index in [-0.39, 0.29) is 11.6 Å². The zero-order valence-electron chi connectivity index (χ0n) is 12.0. The SMILES string of the molecule is C#Cc1ccc2c(c1)-c1nc(C(N)=O)sc1C1(CO2)OCCO1. The number of rotatable bonds is 1. The van der Waals surface area contributed by atoms with Gasteiger partial charge in [-0.2, -0.15) is 0 Å². The summed E-state index contributed by atoms with van der Waals surface area (Å²) in [5.74, 6) is 1.55. The molecule has 0 radical (unpaired) electrons. The number of ether oxygens (including phenoxy) is 3. The summed E-state index contributed by atoms with van der Waals surface area (Å²) in [6.45, 7) is 1.06. The second kappa shape index (κ2) is 5.06. The summed E-state index contributed by atoms with van der Waals surface area (Å²) in [5.41, 5.74) is 7.35. The van der Waals surface area contributed by atoms with Gasteiger partial charge in [0.25, 0.3) is 5.91 Å². The minimum Gasteiger partial charge on any atom is -0.487 e. The molecule has 2 aliphatic heterocycles. The van der Waals surface area contributed by atoms with Gasteiger partial charge in [-0.15, -0.1) is 17.8 Å². The summed E-state index contributed by atoms with van der Waals surface area (Å²) in [5, 5.41) is 0.201. The summed E-state index contributed by atoms with van der Waals surface area (Å²) in [7, 11) is 0. The molecule has 0 atom stereocenters. The summed E-state index contributed by atoms with van der Waals surface area (Å²) < 4.78 is 17.5. The summed E-state index contributed by atoms with van der Waals surface area (Å²) in [4.78, 5) is 16.6. The number of benzene rings is 1. The highest BCUT2D eigenvalue weighted by molar-refractivity contribution is 7.14. The monoisotopic (exact) mass is 328 g/mol. The Balaban J connectivity index is 1.98. The Labute approximate surface area is 136 Å². The van der Waals surface area contributed by atoms with Gasteiger partial charge < -0.3 is 19.9 Å². The van der Waals surface area contributed by atoms with Crippen molar-refractivity contribution in [1.29, 1.82) is 0 Å². The molecule has 2 N–H and O–H groups in total. The number of nitrogens with zero attached hydrogens (tertiary/aromatic N) is 1. The Morgan fingerprint density at radius 1 is 1.39 bits per heavy atom. The van der Waals surface area contributed by atoms with Crippen molar-refractivity contribution in [1.82, 2.24) is 4.98 Å². The van der Waals surface area contributed by atoms with E-state index in [2.05, 4.69) is 10.9 Å². The number of carbonyl (C=O) groups is 1. The molecule has 0 saturated carbocycles. The van der Waals surface area contributed by atoms with E-state index in [0.29, 0.717) is 40.7 Å². The minimum absolute atomic E-state index is 0.169. The van der Waals surface area contributed by atoms with E-state index < -0.39 is 11.7 Å². The van der Waals surface area contributed by atoms with Crippen molar-refractivity contribution in [2.75, 3.05) is 19.8 Å². The molecule has 1 amide bonds. The van der Waals surface area contributed by atoms with Crippen LogP contribution < -0.4 is 10.5 Å². The van der Waals surface area contributed by atoms with Crippen LogP contribution in [0.15, 0.2) is 18.2 Å². The first-order valence-electron chi connectivity index (χ1n) is 6.96. The van der Waals surface area contributed by atoms with E-state index in [9.17, 15) is 4.79 Å². The quantitative estimate of drug-likeness (QED) is 0.802. The highest BCUT2D eigenvalue weighted by atomic mass is 32.1. The highest BCUT2D eigenvalue weighted by Crippen LogP contribution is 2.47. The number of hydrogen-bond donors (Lipinski definition) is 1. The molecule has 1 saturated heterocycles. The maximum Gasteiger partial charge on any atom is 0.277 e. The van der Waals surface area contributed by atoms with Crippen LogP contribution in [-0.4, -0.2) is 30.7 Å². The molecule has 3 heterocycles. The molecule has 4 rings (SSSR count). The lowest BCUT2D eigenvalue weighted by Crippen LogP contribution is -2.33. The molecule has 0 bridgehead atoms. The third kappa shape index (κ3) is 2.11. The zero-order valence-corrected chi connectivity index (χ0v) is 12.8. The fourth-order valence-electron chi connectivity index (χ4n) is 2.70. The van der Waals surface area contributed by atoms with Crippen molar-refractivity contribution < 1.29 is 19.0 Å². The van der Waals surface area contributed by atoms with Gasteiger partial charge in [-0.05, 0) is 18.2 Å². The van der Waals surface area contributed by atoms with Crippen LogP contribution in [0.2, 0.25) is 0 Å². The Morgan fingerprint density at radius 2 is 2.17 bits per heavy atom. The van der Waals surface area contributed by atoms with Crippen molar-refractivity contribution >= 4 is 17.2 Å². The number of primary amides is 1. The fraction of sp³-hybridized carbons (Fsp3) is 0.250. The number of nitrogens with two attached hydrogens (primary N) is 1. The van der Waals surface area contributed by atoms with Gasteiger partial charge in [0.15, 0.2) is 5.01 Å². The van der Waals surface area contributed by atoms with Crippen LogP contribution >= 0.6 is 11.3 Å². The van der Waals surface area contributed by atoms with Crippen LogP contribution in [0.1, 0.15) is 20.2 Å². The van der Waals surface area contributed by atoms with E-state index in [4.69, 9.17) is 26.4 Å². The summed E-state index contributed by atoms with van der Waals surface area (Å²) >= 11 is 1.16. The number of carbonyl (C=O) groups excluding carboxylic acids is 1. The summed E-state index contributed by atoms with van der Waals surface area (Å²) in [6, 6.07) is 5.37. The number of hydrogen-bond acceptors (Lipinski definition) is 6. The minimum atomic E-state index is -1.06. The lowest BCUT2D eigenvalue weighted by molar-refractivity contribution is -0.182. The van der Waals surface area contributed by atoms with Crippen LogP contribution in [0.5, 0.6) is 5.75 Å². The predicted molar refractivity (Wildman–Crippen MR) is 83.1 cm³/mol. The van der Waals surface area contributed by atoms with Gasteiger partial charge in [-0.1, -0.05) is 5.92 Å². The maximum atomic E-state index is 11.6. The first-order chi connectivity index (χ1) is 11.1. The maximum absolute atomic E-state index is 11.6. The Morgan fingerprint density at radius 3 is 2.87 bits per heavy atom. The average Bonchev–Trinajstić information content (AvgIpc) is 3.18. The molecule has 6 nitrogen and oxygen atoms in total. The van der Waals surface area contributed by atoms with Crippen LogP contribution in [0.4, 0.5) is 0 Å². The Hall–Kier alpha value is -2.40. The van der Waals surface area contributed by atoms with Gasteiger partial charge >= 0.3 is 0 Å². The second-order valence-corrected chi connectivity index (χ2v) is 6.15. The van der Waals surface area contributed by atoms with Crippen molar-refractivity contribution in [3.63, 3.8) is 0 Å². The van der Waals surface area contributed by atoms with Crippen LogP contribution in [-0.2, 0) is 15.3 Å². The van der Waals surface area contributed by atoms with Crippen molar-refractivity contribution in [3.05, 3.63) is 33.6 Å². The lowest BCUT2D eigenvalue weighted by Gasteiger charge is -2.24. The molecule has 1 aromatic carbocycles. The number of fused-ring (bicyclic) bond motifs is 4. The van der Waals surface area contributed by atoms with Crippen LogP contribution in [0, 0.1) is 12.3 Å². The smallest absolute Gasteiger partial charge is 0.277 e. The molecule has 1 spiro atoms. The first kappa shape index (κ1) is 14.2. The normalized spacial score (nSPS) is 17.7. The molecule has 2 aromatic rings. The topological polar surface area (TPSA) is 83.7 Å². The standard InChI is InChI=1S/C16H12N2O4S/c1-2-9-3-4-11-10(7-9)12-13(23-15(18-12)14(17)19)16(8-20-11)21-5-6-22-16/h1,3-4,7H,5-6,8H2,(H2,17,19). The number of amides is 1. The Kier molecular flexibility index (Phi) is 3.13. The predicted octanol–water partition coefficient (Wildman–Crippen LogP) is 1.48. The molecule has 1 fully saturated rings. The fourth-order valence-corrected chi connectivity index (χ4v) is 3.72. The van der Waals surface area contributed by atoms with E-state index in [1.165, 1.54) is 0 Å². The third-order valence-electron chi connectivity index (χ3n) is 3.76. The average molecular weight is 328 g/mol. The molecular weight excluding hydrogens is 316 g/mol. The molecular formula is C16H12N2O4S. The largest absolute Gasteiger partial charge is 0.487 e. The van der Waals surface area contributed by atoms with Gasteiger partial charge in [0.05, 0.1) is 23.8 Å². The number of aromatic nitrogens is 1. The molecule has 0 aliphatic carbocycles. The van der Waals surface area contributed by atoms with E-state index in [1.807, 2.05) is 0 Å². The van der Waals surface area contributed by atoms with Crippen molar-refractivity contribution in [2.45, 2.75) is 5.79 Å². The molecule has 7 heteroatoms. The molecule has 23 heavy (non-hydrogen) atoms. The lowest BCUT2D eigenvalue weighted by atomic mass is 10.0. The number of thiazole rings is 1. The second-order valence-electron chi connectivity index (χ2n) is 5.15. The molecule has 1 aromatic heterocycles.